The molecule has 116 valence electrons. The Hall–Kier alpha value is -1.72. The zero-order chi connectivity index (χ0) is 15.7. The second-order valence-corrected chi connectivity index (χ2v) is 4.82. The number of carbonyl (C=O) groups is 2. The van der Waals surface area contributed by atoms with E-state index in [0.29, 0.717) is 5.56 Å². The Morgan fingerprint density at radius 3 is 2.48 bits per heavy atom. The molecule has 0 saturated heterocycles. The van der Waals surface area contributed by atoms with Gasteiger partial charge < -0.3 is 15.2 Å². The number of hydrogen-bond donors (Lipinski definition) is 2. The molecular formula is C16H23NO4. The molecule has 1 atom stereocenters. The van der Waals surface area contributed by atoms with Gasteiger partial charge in [0, 0.05) is 12.1 Å². The molecule has 0 heterocycles. The fourth-order valence-corrected chi connectivity index (χ4v) is 2.07. The van der Waals surface area contributed by atoms with Gasteiger partial charge in [0.15, 0.2) is 5.78 Å². The summed E-state index contributed by atoms with van der Waals surface area (Å²) in [5.74, 6) is -0.627. The number of methoxy groups -OCH3 is 1. The minimum atomic E-state index is -0.679. The Kier molecular flexibility index (Phi) is 7.64. The third-order valence-electron chi connectivity index (χ3n) is 3.19. The van der Waals surface area contributed by atoms with Gasteiger partial charge in [-0.1, -0.05) is 37.6 Å². The van der Waals surface area contributed by atoms with Crippen LogP contribution in [0, 0.1) is 0 Å². The first-order valence-corrected chi connectivity index (χ1v) is 7.16. The molecule has 0 amide bonds. The van der Waals surface area contributed by atoms with Gasteiger partial charge in [0.1, 0.15) is 0 Å². The van der Waals surface area contributed by atoms with E-state index in [0.717, 1.165) is 12.8 Å². The largest absolute Gasteiger partial charge is 0.469 e. The summed E-state index contributed by atoms with van der Waals surface area (Å²) in [7, 11) is 1.29. The Labute approximate surface area is 125 Å². The van der Waals surface area contributed by atoms with Crippen LogP contribution in [0.25, 0.3) is 0 Å². The Morgan fingerprint density at radius 2 is 1.95 bits per heavy atom. The zero-order valence-electron chi connectivity index (χ0n) is 12.6. The van der Waals surface area contributed by atoms with E-state index >= 15 is 0 Å². The fraction of sp³-hybridized carbons (Fsp3) is 0.500. The molecule has 0 spiro atoms. The quantitative estimate of drug-likeness (QED) is 0.531. The van der Waals surface area contributed by atoms with E-state index in [1.807, 2.05) is 12.1 Å². The fourth-order valence-electron chi connectivity index (χ4n) is 2.07. The van der Waals surface area contributed by atoms with Crippen LogP contribution in [-0.2, 0) is 16.0 Å². The van der Waals surface area contributed by atoms with Crippen LogP contribution in [-0.4, -0.2) is 43.2 Å². The molecule has 0 fully saturated rings. The predicted octanol–water partition coefficient (Wildman–Crippen LogP) is 1.34. The molecule has 5 heteroatoms. The van der Waals surface area contributed by atoms with E-state index in [1.165, 1.54) is 12.7 Å². The standard InChI is InChI=1S/C16H23NO4/c1-3-4-12-5-7-13(8-6-12)16(20)14(17-9-10-18)11-15(19)21-2/h5-8,14,17-18H,3-4,9-11H2,1-2H3. The zero-order valence-corrected chi connectivity index (χ0v) is 12.6. The Morgan fingerprint density at radius 1 is 1.29 bits per heavy atom. The van der Waals surface area contributed by atoms with Crippen molar-refractivity contribution in [2.24, 2.45) is 0 Å². The van der Waals surface area contributed by atoms with Crippen LogP contribution in [0.2, 0.25) is 0 Å². The summed E-state index contributed by atoms with van der Waals surface area (Å²) in [6.07, 6.45) is 1.98. The van der Waals surface area contributed by atoms with Crippen molar-refractivity contribution >= 4 is 11.8 Å². The van der Waals surface area contributed by atoms with E-state index in [1.54, 1.807) is 12.1 Å². The van der Waals surface area contributed by atoms with E-state index in [4.69, 9.17) is 5.11 Å². The molecule has 1 aromatic rings. The van der Waals surface area contributed by atoms with Crippen LogP contribution in [0.3, 0.4) is 0 Å². The minimum Gasteiger partial charge on any atom is -0.469 e. The summed E-state index contributed by atoms with van der Waals surface area (Å²) in [5, 5.41) is 11.7. The predicted molar refractivity (Wildman–Crippen MR) is 80.3 cm³/mol. The molecule has 1 aromatic carbocycles. The summed E-state index contributed by atoms with van der Waals surface area (Å²) >= 11 is 0. The van der Waals surface area contributed by atoms with Crippen LogP contribution in [0.5, 0.6) is 0 Å². The number of Topliss-reactive ketones (excluding diaryl/α,β-unsaturated/α-hetero) is 1. The van der Waals surface area contributed by atoms with Crippen molar-refractivity contribution in [1.82, 2.24) is 5.32 Å². The summed E-state index contributed by atoms with van der Waals surface area (Å²) in [4.78, 5) is 23.8. The summed E-state index contributed by atoms with van der Waals surface area (Å²) in [6.45, 7) is 2.26. The maximum Gasteiger partial charge on any atom is 0.307 e. The Bertz CT molecular complexity index is 456. The first-order chi connectivity index (χ1) is 10.1. The second kappa shape index (κ2) is 9.26. The number of benzene rings is 1. The van der Waals surface area contributed by atoms with Gasteiger partial charge in [-0.25, -0.2) is 0 Å². The number of nitrogens with one attached hydrogen (secondary N) is 1. The lowest BCUT2D eigenvalue weighted by atomic mass is 9.99. The molecule has 0 aliphatic heterocycles. The number of hydrogen-bond acceptors (Lipinski definition) is 5. The first-order valence-electron chi connectivity index (χ1n) is 7.16. The number of ketones is 1. The molecule has 0 bridgehead atoms. The number of esters is 1. The van der Waals surface area contributed by atoms with Crippen molar-refractivity contribution in [2.45, 2.75) is 32.2 Å². The molecule has 0 saturated carbocycles. The molecular weight excluding hydrogens is 270 g/mol. The van der Waals surface area contributed by atoms with Crippen LogP contribution in [0.4, 0.5) is 0 Å². The topological polar surface area (TPSA) is 75.6 Å². The highest BCUT2D eigenvalue weighted by molar-refractivity contribution is 6.01. The van der Waals surface area contributed by atoms with Crippen molar-refractivity contribution in [3.8, 4) is 0 Å². The highest BCUT2D eigenvalue weighted by Crippen LogP contribution is 2.11. The average molecular weight is 293 g/mol. The number of ether oxygens (including phenoxy) is 1. The third kappa shape index (κ3) is 5.65. The van der Waals surface area contributed by atoms with E-state index in [-0.39, 0.29) is 25.4 Å². The lowest BCUT2D eigenvalue weighted by Crippen LogP contribution is -2.40. The summed E-state index contributed by atoms with van der Waals surface area (Å²) in [5.41, 5.74) is 1.73. The van der Waals surface area contributed by atoms with Gasteiger partial charge in [0.2, 0.25) is 0 Å². The number of aliphatic hydroxyl groups is 1. The van der Waals surface area contributed by atoms with E-state index in [2.05, 4.69) is 17.0 Å². The monoisotopic (exact) mass is 293 g/mol. The van der Waals surface area contributed by atoms with Gasteiger partial charge in [-0.2, -0.15) is 0 Å². The molecule has 0 aliphatic carbocycles. The molecule has 1 unspecified atom stereocenters. The first kappa shape index (κ1) is 17.3. The van der Waals surface area contributed by atoms with Crippen molar-refractivity contribution in [3.05, 3.63) is 35.4 Å². The number of rotatable bonds is 9. The lowest BCUT2D eigenvalue weighted by molar-refractivity contribution is -0.141. The third-order valence-corrected chi connectivity index (χ3v) is 3.19. The van der Waals surface area contributed by atoms with Crippen LogP contribution in [0.1, 0.15) is 35.7 Å². The summed E-state index contributed by atoms with van der Waals surface area (Å²) < 4.78 is 4.60. The van der Waals surface area contributed by atoms with Gasteiger partial charge in [-0.05, 0) is 12.0 Å². The van der Waals surface area contributed by atoms with Crippen LogP contribution >= 0.6 is 0 Å². The van der Waals surface area contributed by atoms with Gasteiger partial charge >= 0.3 is 5.97 Å². The molecule has 0 radical (unpaired) electrons. The maximum atomic E-state index is 12.4. The number of aliphatic hydroxyl groups excluding tert-OH is 1. The number of aryl methyl sites for hydroxylation is 1. The normalized spacial score (nSPS) is 12.0. The van der Waals surface area contributed by atoms with Gasteiger partial charge in [-0.3, -0.25) is 9.59 Å². The molecule has 21 heavy (non-hydrogen) atoms. The second-order valence-electron chi connectivity index (χ2n) is 4.82. The molecule has 2 N–H and O–H groups in total. The van der Waals surface area contributed by atoms with Gasteiger partial charge in [0.05, 0.1) is 26.2 Å². The molecule has 1 rings (SSSR count). The molecule has 0 aliphatic rings. The maximum absolute atomic E-state index is 12.4. The minimum absolute atomic E-state index is 0.0496. The van der Waals surface area contributed by atoms with Crippen molar-refractivity contribution in [2.75, 3.05) is 20.3 Å². The van der Waals surface area contributed by atoms with Crippen molar-refractivity contribution in [3.63, 3.8) is 0 Å². The Balaban J connectivity index is 2.79. The van der Waals surface area contributed by atoms with Crippen molar-refractivity contribution in [1.29, 1.82) is 0 Å². The lowest BCUT2D eigenvalue weighted by Gasteiger charge is -2.16. The smallest absolute Gasteiger partial charge is 0.307 e. The van der Waals surface area contributed by atoms with Crippen LogP contribution in [0.15, 0.2) is 24.3 Å². The van der Waals surface area contributed by atoms with E-state index in [9.17, 15) is 9.59 Å². The summed E-state index contributed by atoms with van der Waals surface area (Å²) in [6, 6.07) is 6.73. The average Bonchev–Trinajstić information content (AvgIpc) is 2.51. The SMILES string of the molecule is CCCc1ccc(C(=O)C(CC(=O)OC)NCCO)cc1. The molecule has 0 aromatic heterocycles. The van der Waals surface area contributed by atoms with Gasteiger partial charge in [0.25, 0.3) is 0 Å². The van der Waals surface area contributed by atoms with Gasteiger partial charge in [-0.15, -0.1) is 0 Å². The van der Waals surface area contributed by atoms with Crippen LogP contribution < -0.4 is 5.32 Å². The van der Waals surface area contributed by atoms with Crippen molar-refractivity contribution < 1.29 is 19.4 Å². The molecule has 5 nitrogen and oxygen atoms in total. The number of carbonyl (C=O) groups excluding carboxylic acids is 2. The highest BCUT2D eigenvalue weighted by atomic mass is 16.5. The highest BCUT2D eigenvalue weighted by Gasteiger charge is 2.22. The van der Waals surface area contributed by atoms with E-state index < -0.39 is 12.0 Å².